The second kappa shape index (κ2) is 8.90. The summed E-state index contributed by atoms with van der Waals surface area (Å²) >= 11 is 7.04. The molecule has 3 N–H and O–H groups in total. The summed E-state index contributed by atoms with van der Waals surface area (Å²) in [5, 5.41) is 17.6. The molecule has 0 aliphatic heterocycles. The van der Waals surface area contributed by atoms with Crippen LogP contribution in [0.2, 0.25) is 0 Å². The number of nitrogens with two attached hydrogens (primary N) is 1. The number of nitrogens with zero attached hydrogens (tertiary/aromatic N) is 4. The van der Waals surface area contributed by atoms with Gasteiger partial charge in [0.05, 0.1) is 17.1 Å². The van der Waals surface area contributed by atoms with Crippen molar-refractivity contribution < 1.29 is 0 Å². The lowest BCUT2D eigenvalue weighted by atomic mass is 9.96. The second-order valence-corrected chi connectivity index (χ2v) is 9.49. The smallest absolute Gasteiger partial charge is 0.195 e. The number of benzene rings is 3. The lowest BCUT2D eigenvalue weighted by Gasteiger charge is -2.11. The number of hydrogen-bond acceptors (Lipinski definition) is 6. The molecule has 0 spiro atoms. The van der Waals surface area contributed by atoms with E-state index in [4.69, 9.17) is 18.0 Å². The Bertz CT molecular complexity index is 1690. The topological polar surface area (TPSA) is 85.4 Å². The van der Waals surface area contributed by atoms with E-state index in [-0.39, 0.29) is 0 Å². The Morgan fingerprint density at radius 2 is 1.46 bits per heavy atom. The lowest BCUT2D eigenvalue weighted by Crippen LogP contribution is -2.02. The Labute approximate surface area is 210 Å². The number of nitrogen functional groups attached to an aromatic ring is 1. The van der Waals surface area contributed by atoms with Gasteiger partial charge in [-0.3, -0.25) is 9.67 Å². The maximum absolute atomic E-state index is 6.87. The summed E-state index contributed by atoms with van der Waals surface area (Å²) in [6.45, 7) is 0.589. The minimum absolute atomic E-state index is 0.542. The molecule has 6 nitrogen and oxygen atoms in total. The molecule has 0 aliphatic carbocycles. The molecule has 0 fully saturated rings. The lowest BCUT2D eigenvalue weighted by molar-refractivity contribution is 0.792. The third-order valence-corrected chi connectivity index (χ3v) is 7.31. The molecule has 35 heavy (non-hydrogen) atoms. The van der Waals surface area contributed by atoms with Crippen LogP contribution in [0.25, 0.3) is 43.3 Å². The first-order valence-corrected chi connectivity index (χ1v) is 12.3. The van der Waals surface area contributed by atoms with Crippen molar-refractivity contribution in [2.24, 2.45) is 0 Å². The Kier molecular flexibility index (Phi) is 5.44. The monoisotopic (exact) mass is 492 g/mol. The van der Waals surface area contributed by atoms with Crippen molar-refractivity contribution >= 4 is 39.5 Å². The van der Waals surface area contributed by atoms with E-state index >= 15 is 0 Å². The van der Waals surface area contributed by atoms with E-state index in [1.165, 1.54) is 11.3 Å². The molecule has 170 valence electrons. The SMILES string of the molecule is Nc1c(-c2n[nH]c(=S)n2Cc2ccccc2)sc2nnc(-c3ccccc3)c(-c3ccccc3)c12. The number of aromatic nitrogens is 5. The largest absolute Gasteiger partial charge is 0.397 e. The number of rotatable bonds is 5. The Hall–Kier alpha value is -4.14. The van der Waals surface area contributed by atoms with E-state index in [0.29, 0.717) is 22.8 Å². The zero-order valence-electron chi connectivity index (χ0n) is 18.6. The first-order chi connectivity index (χ1) is 17.2. The highest BCUT2D eigenvalue weighted by Crippen LogP contribution is 2.46. The van der Waals surface area contributed by atoms with Gasteiger partial charge in [-0.15, -0.1) is 21.5 Å². The van der Waals surface area contributed by atoms with Crippen molar-refractivity contribution in [1.82, 2.24) is 25.0 Å². The molecule has 0 amide bonds. The standard InChI is InChI=1S/C27H20N6S2/c28-22-21-20(18-12-6-2-7-13-18)23(19-14-8-3-9-15-19)29-31-26(21)35-24(22)25-30-32-27(34)33(25)16-17-10-4-1-5-11-17/h1-15H,16,28H2,(H,32,34). The molecule has 6 rings (SSSR count). The van der Waals surface area contributed by atoms with Crippen LogP contribution in [0.5, 0.6) is 0 Å². The predicted octanol–water partition coefficient (Wildman–Crippen LogP) is 6.58. The molecule has 6 aromatic rings. The van der Waals surface area contributed by atoms with Gasteiger partial charge in [0.25, 0.3) is 0 Å². The van der Waals surface area contributed by atoms with E-state index in [2.05, 4.69) is 44.7 Å². The molecular weight excluding hydrogens is 472 g/mol. The molecule has 0 bridgehead atoms. The molecular formula is C27H20N6S2. The van der Waals surface area contributed by atoms with Crippen molar-refractivity contribution in [3.8, 4) is 33.1 Å². The summed E-state index contributed by atoms with van der Waals surface area (Å²) in [6, 6.07) is 30.4. The van der Waals surface area contributed by atoms with Crippen LogP contribution in [0.3, 0.4) is 0 Å². The highest BCUT2D eigenvalue weighted by molar-refractivity contribution is 7.71. The minimum Gasteiger partial charge on any atom is -0.397 e. The normalized spacial score (nSPS) is 11.2. The summed E-state index contributed by atoms with van der Waals surface area (Å²) in [7, 11) is 0. The number of nitrogens with one attached hydrogen (secondary N) is 1. The van der Waals surface area contributed by atoms with Crippen molar-refractivity contribution in [3.05, 3.63) is 101 Å². The molecule has 0 saturated carbocycles. The van der Waals surface area contributed by atoms with Gasteiger partial charge in [-0.05, 0) is 23.3 Å². The van der Waals surface area contributed by atoms with E-state index < -0.39 is 0 Å². The third kappa shape index (κ3) is 3.82. The first kappa shape index (κ1) is 21.4. The number of anilines is 1. The van der Waals surface area contributed by atoms with Gasteiger partial charge in [0.1, 0.15) is 10.5 Å². The average Bonchev–Trinajstić information content (AvgIpc) is 3.44. The van der Waals surface area contributed by atoms with Gasteiger partial charge in [0, 0.05) is 16.5 Å². The van der Waals surface area contributed by atoms with Crippen molar-refractivity contribution in [3.63, 3.8) is 0 Å². The highest BCUT2D eigenvalue weighted by atomic mass is 32.1. The van der Waals surface area contributed by atoms with Gasteiger partial charge in [0.15, 0.2) is 10.6 Å². The molecule has 8 heteroatoms. The Morgan fingerprint density at radius 3 is 2.14 bits per heavy atom. The summed E-state index contributed by atoms with van der Waals surface area (Å²) in [6.07, 6.45) is 0. The second-order valence-electron chi connectivity index (χ2n) is 8.10. The Balaban J connectivity index is 1.59. The van der Waals surface area contributed by atoms with Crippen LogP contribution in [-0.4, -0.2) is 25.0 Å². The summed E-state index contributed by atoms with van der Waals surface area (Å²) in [4.78, 5) is 1.58. The molecule has 0 aliphatic rings. The fourth-order valence-corrected chi connectivity index (χ4v) is 5.51. The maximum atomic E-state index is 6.87. The predicted molar refractivity (Wildman–Crippen MR) is 145 cm³/mol. The van der Waals surface area contributed by atoms with Gasteiger partial charge in [-0.2, -0.15) is 5.10 Å². The molecule has 0 radical (unpaired) electrons. The van der Waals surface area contributed by atoms with Gasteiger partial charge in [-0.1, -0.05) is 91.0 Å². The summed E-state index contributed by atoms with van der Waals surface area (Å²) < 4.78 is 2.51. The van der Waals surface area contributed by atoms with Crippen molar-refractivity contribution in [1.29, 1.82) is 0 Å². The molecule has 3 aromatic heterocycles. The molecule has 3 aromatic carbocycles. The van der Waals surface area contributed by atoms with Crippen LogP contribution < -0.4 is 5.73 Å². The molecule has 3 heterocycles. The van der Waals surface area contributed by atoms with Crippen LogP contribution >= 0.6 is 23.6 Å². The van der Waals surface area contributed by atoms with E-state index in [0.717, 1.165) is 43.0 Å². The van der Waals surface area contributed by atoms with Gasteiger partial charge < -0.3 is 5.73 Å². The van der Waals surface area contributed by atoms with Crippen LogP contribution in [0.15, 0.2) is 91.0 Å². The Morgan fingerprint density at radius 1 is 0.829 bits per heavy atom. The quantitative estimate of drug-likeness (QED) is 0.266. The molecule has 0 unspecified atom stereocenters. The number of aromatic amines is 1. The van der Waals surface area contributed by atoms with Crippen LogP contribution in [-0.2, 0) is 6.54 Å². The highest BCUT2D eigenvalue weighted by Gasteiger charge is 2.24. The van der Waals surface area contributed by atoms with Gasteiger partial charge >= 0.3 is 0 Å². The van der Waals surface area contributed by atoms with E-state index in [1.54, 1.807) is 0 Å². The van der Waals surface area contributed by atoms with E-state index in [9.17, 15) is 0 Å². The fourth-order valence-electron chi connectivity index (χ4n) is 4.26. The third-order valence-electron chi connectivity index (χ3n) is 5.91. The number of thiophene rings is 1. The molecule has 0 atom stereocenters. The maximum Gasteiger partial charge on any atom is 0.195 e. The summed E-state index contributed by atoms with van der Waals surface area (Å²) in [5.74, 6) is 0.694. The number of fused-ring (bicyclic) bond motifs is 1. The van der Waals surface area contributed by atoms with Crippen LogP contribution in [0.4, 0.5) is 5.69 Å². The van der Waals surface area contributed by atoms with E-state index in [1.807, 2.05) is 71.3 Å². The van der Waals surface area contributed by atoms with Gasteiger partial charge in [-0.25, -0.2) is 0 Å². The van der Waals surface area contributed by atoms with Crippen LogP contribution in [0, 0.1) is 4.77 Å². The van der Waals surface area contributed by atoms with Crippen LogP contribution in [0.1, 0.15) is 5.56 Å². The molecule has 0 saturated heterocycles. The van der Waals surface area contributed by atoms with Crippen molar-refractivity contribution in [2.45, 2.75) is 6.54 Å². The average molecular weight is 493 g/mol. The fraction of sp³-hybridized carbons (Fsp3) is 0.0370. The van der Waals surface area contributed by atoms with Crippen molar-refractivity contribution in [2.75, 3.05) is 5.73 Å². The first-order valence-electron chi connectivity index (χ1n) is 11.1. The summed E-state index contributed by atoms with van der Waals surface area (Å²) in [5.41, 5.74) is 12.4. The zero-order chi connectivity index (χ0) is 23.8. The number of hydrogen-bond donors (Lipinski definition) is 2. The number of H-pyrrole nitrogens is 1. The zero-order valence-corrected chi connectivity index (χ0v) is 20.2. The van der Waals surface area contributed by atoms with Gasteiger partial charge in [0.2, 0.25) is 0 Å². The minimum atomic E-state index is 0.542.